The van der Waals surface area contributed by atoms with Crippen molar-refractivity contribution in [2.75, 3.05) is 11.1 Å². The van der Waals surface area contributed by atoms with Crippen molar-refractivity contribution >= 4 is 23.5 Å². The van der Waals surface area contributed by atoms with E-state index in [4.69, 9.17) is 0 Å². The van der Waals surface area contributed by atoms with E-state index in [1.165, 1.54) is 24.6 Å². The van der Waals surface area contributed by atoms with Crippen molar-refractivity contribution in [3.63, 3.8) is 0 Å². The van der Waals surface area contributed by atoms with E-state index in [2.05, 4.69) is 31.5 Å². The number of nitrogens with one attached hydrogen (secondary N) is 1. The minimum Gasteiger partial charge on any atom is -0.327 e. The Morgan fingerprint density at radius 3 is 2.67 bits per heavy atom. The first-order valence-corrected chi connectivity index (χ1v) is 10.4. The Hall–Kier alpha value is -2.34. The summed E-state index contributed by atoms with van der Waals surface area (Å²) >= 11 is 1.33. The van der Waals surface area contributed by atoms with Crippen molar-refractivity contribution in [3.05, 3.63) is 16.8 Å². The van der Waals surface area contributed by atoms with Gasteiger partial charge in [0.05, 0.1) is 17.4 Å². The highest BCUT2D eigenvalue weighted by molar-refractivity contribution is 7.99. The molecule has 0 saturated heterocycles. The van der Waals surface area contributed by atoms with Crippen LogP contribution in [-0.2, 0) is 4.79 Å². The van der Waals surface area contributed by atoms with Crippen LogP contribution in [0.2, 0.25) is 0 Å². The molecular formula is C18H23N7OS. The molecule has 0 atom stereocenters. The lowest BCUT2D eigenvalue weighted by atomic mass is 10.2. The molecule has 8 nitrogen and oxygen atoms in total. The molecular weight excluding hydrogens is 362 g/mol. The van der Waals surface area contributed by atoms with Crippen LogP contribution in [0.5, 0.6) is 0 Å². The van der Waals surface area contributed by atoms with Gasteiger partial charge in [-0.3, -0.25) is 4.79 Å². The summed E-state index contributed by atoms with van der Waals surface area (Å²) in [6.45, 7) is 3.98. The summed E-state index contributed by atoms with van der Waals surface area (Å²) < 4.78 is 3.96. The summed E-state index contributed by atoms with van der Waals surface area (Å²) in [6.07, 6.45) is 6.74. The van der Waals surface area contributed by atoms with Gasteiger partial charge in [-0.15, -0.1) is 5.10 Å². The molecule has 27 heavy (non-hydrogen) atoms. The largest absolute Gasteiger partial charge is 0.327 e. The zero-order valence-corrected chi connectivity index (χ0v) is 16.4. The average Bonchev–Trinajstić information content (AvgIpc) is 3.07. The summed E-state index contributed by atoms with van der Waals surface area (Å²) in [5.74, 6) is 0.719. The molecule has 2 aliphatic rings. The fourth-order valence-corrected chi connectivity index (χ4v) is 4.58. The second-order valence-electron chi connectivity index (χ2n) is 7.33. The average molecular weight is 385 g/mol. The first-order chi connectivity index (χ1) is 13.1. The van der Waals surface area contributed by atoms with Crippen LogP contribution in [0.1, 0.15) is 67.4 Å². The number of nitrogens with zero attached hydrogens (tertiary/aromatic N) is 6. The quantitative estimate of drug-likeness (QED) is 0.767. The lowest BCUT2D eigenvalue weighted by molar-refractivity contribution is -0.113. The van der Waals surface area contributed by atoms with Crippen molar-refractivity contribution in [2.45, 2.75) is 69.6 Å². The summed E-state index contributed by atoms with van der Waals surface area (Å²) in [5, 5.41) is 25.0. The van der Waals surface area contributed by atoms with E-state index < -0.39 is 0 Å². The first kappa shape index (κ1) is 18.0. The number of carbonyl (C=O) groups excluding carboxylic acids is 1. The van der Waals surface area contributed by atoms with Crippen LogP contribution in [-0.4, -0.2) is 36.4 Å². The van der Waals surface area contributed by atoms with Crippen LogP contribution in [0.4, 0.5) is 5.82 Å². The smallest absolute Gasteiger partial charge is 0.235 e. The topological polar surface area (TPSA) is 101 Å². The van der Waals surface area contributed by atoms with Gasteiger partial charge in [-0.1, -0.05) is 24.6 Å². The SMILES string of the molecule is Cc1c(C#N)c(NC(=O)CSc2nnnn2C2CC2)n(C2CCCC2)c1C. The van der Waals surface area contributed by atoms with Crippen molar-refractivity contribution in [2.24, 2.45) is 0 Å². The molecule has 2 aromatic rings. The molecule has 0 bridgehead atoms. The number of tetrazole rings is 1. The highest BCUT2D eigenvalue weighted by Crippen LogP contribution is 2.38. The second-order valence-corrected chi connectivity index (χ2v) is 8.27. The fraction of sp³-hybridized carbons (Fsp3) is 0.611. The third kappa shape index (κ3) is 3.46. The normalized spacial score (nSPS) is 17.2. The number of rotatable bonds is 6. The van der Waals surface area contributed by atoms with Crippen molar-refractivity contribution in [1.82, 2.24) is 24.8 Å². The van der Waals surface area contributed by atoms with E-state index in [0.717, 1.165) is 36.9 Å². The third-order valence-corrected chi connectivity index (χ3v) is 6.44. The number of amides is 1. The summed E-state index contributed by atoms with van der Waals surface area (Å²) in [4.78, 5) is 12.6. The van der Waals surface area contributed by atoms with E-state index >= 15 is 0 Å². The molecule has 2 saturated carbocycles. The maximum atomic E-state index is 12.6. The van der Waals surface area contributed by atoms with E-state index in [-0.39, 0.29) is 11.7 Å². The van der Waals surface area contributed by atoms with Crippen molar-refractivity contribution in [1.29, 1.82) is 5.26 Å². The van der Waals surface area contributed by atoms with Gasteiger partial charge in [-0.25, -0.2) is 4.68 Å². The molecule has 1 N–H and O–H groups in total. The molecule has 0 aromatic carbocycles. The van der Waals surface area contributed by atoms with E-state index in [9.17, 15) is 10.1 Å². The number of anilines is 1. The van der Waals surface area contributed by atoms with Gasteiger partial charge in [0.1, 0.15) is 11.9 Å². The van der Waals surface area contributed by atoms with Crippen LogP contribution in [0.3, 0.4) is 0 Å². The number of hydrogen-bond donors (Lipinski definition) is 1. The predicted molar refractivity (Wildman–Crippen MR) is 102 cm³/mol. The molecule has 0 radical (unpaired) electrons. The summed E-state index contributed by atoms with van der Waals surface area (Å²) in [6, 6.07) is 3.01. The van der Waals surface area contributed by atoms with Crippen molar-refractivity contribution in [3.8, 4) is 6.07 Å². The Morgan fingerprint density at radius 2 is 2.00 bits per heavy atom. The fourth-order valence-electron chi connectivity index (χ4n) is 3.83. The number of thioether (sulfide) groups is 1. The highest BCUT2D eigenvalue weighted by atomic mass is 32.2. The minimum absolute atomic E-state index is 0.140. The second kappa shape index (κ2) is 7.35. The van der Waals surface area contributed by atoms with Gasteiger partial charge in [0.2, 0.25) is 11.1 Å². The third-order valence-electron chi connectivity index (χ3n) is 5.50. The van der Waals surface area contributed by atoms with Crippen LogP contribution in [0.25, 0.3) is 0 Å². The summed E-state index contributed by atoms with van der Waals surface area (Å²) in [7, 11) is 0. The lowest BCUT2D eigenvalue weighted by Crippen LogP contribution is -2.20. The molecule has 142 valence electrons. The highest BCUT2D eigenvalue weighted by Gasteiger charge is 2.29. The van der Waals surface area contributed by atoms with Gasteiger partial charge in [0.25, 0.3) is 0 Å². The van der Waals surface area contributed by atoms with Crippen LogP contribution < -0.4 is 5.32 Å². The number of carbonyl (C=O) groups is 1. The Labute approximate surface area is 162 Å². The van der Waals surface area contributed by atoms with Crippen LogP contribution in [0.15, 0.2) is 5.16 Å². The Morgan fingerprint density at radius 1 is 1.26 bits per heavy atom. The molecule has 2 aromatic heterocycles. The molecule has 0 aliphatic heterocycles. The Bertz CT molecular complexity index is 900. The van der Waals surface area contributed by atoms with Gasteiger partial charge in [-0.2, -0.15) is 5.26 Å². The number of aromatic nitrogens is 5. The molecule has 0 unspecified atom stereocenters. The van der Waals surface area contributed by atoms with E-state index in [1.54, 1.807) is 4.68 Å². The Kier molecular flexibility index (Phi) is 4.91. The van der Waals surface area contributed by atoms with Gasteiger partial charge >= 0.3 is 0 Å². The first-order valence-electron chi connectivity index (χ1n) is 9.42. The zero-order valence-electron chi connectivity index (χ0n) is 15.6. The molecule has 2 heterocycles. The van der Waals surface area contributed by atoms with E-state index in [1.807, 2.05) is 13.8 Å². The van der Waals surface area contributed by atoms with E-state index in [0.29, 0.717) is 28.6 Å². The monoisotopic (exact) mass is 385 g/mol. The van der Waals surface area contributed by atoms with Gasteiger partial charge in [0.15, 0.2) is 0 Å². The molecule has 1 amide bonds. The molecule has 2 fully saturated rings. The van der Waals surface area contributed by atoms with Gasteiger partial charge in [-0.05, 0) is 55.5 Å². The molecule has 2 aliphatic carbocycles. The zero-order chi connectivity index (χ0) is 19.0. The molecule has 0 spiro atoms. The van der Waals surface area contributed by atoms with Crippen LogP contribution in [0, 0.1) is 25.2 Å². The van der Waals surface area contributed by atoms with Crippen molar-refractivity contribution < 1.29 is 4.79 Å². The number of nitriles is 1. The van der Waals surface area contributed by atoms with Gasteiger partial charge in [0, 0.05) is 11.7 Å². The minimum atomic E-state index is -0.140. The lowest BCUT2D eigenvalue weighted by Gasteiger charge is -2.19. The maximum absolute atomic E-state index is 12.6. The summed E-state index contributed by atoms with van der Waals surface area (Å²) in [5.41, 5.74) is 2.59. The number of hydrogen-bond acceptors (Lipinski definition) is 6. The standard InChI is InChI=1S/C18H23N7OS/c1-11-12(2)24(13-5-3-4-6-13)17(15(11)9-19)20-16(26)10-27-18-21-22-23-25(18)14-7-8-14/h13-14H,3-8,10H2,1-2H3,(H,20,26). The Balaban J connectivity index is 1.51. The van der Waals surface area contributed by atoms with Crippen LogP contribution >= 0.6 is 11.8 Å². The predicted octanol–water partition coefficient (Wildman–Crippen LogP) is 3.14. The molecule has 9 heteroatoms. The van der Waals surface area contributed by atoms with Gasteiger partial charge < -0.3 is 9.88 Å². The molecule has 4 rings (SSSR count). The maximum Gasteiger partial charge on any atom is 0.235 e.